The number of nitrogens with zero attached hydrogens (tertiary/aromatic N) is 1. The van der Waals surface area contributed by atoms with Crippen molar-refractivity contribution in [1.82, 2.24) is 4.98 Å². The molecule has 1 aromatic rings. The third kappa shape index (κ3) is 2.15. The summed E-state index contributed by atoms with van der Waals surface area (Å²) in [5, 5.41) is 0. The first-order chi connectivity index (χ1) is 7.29. The summed E-state index contributed by atoms with van der Waals surface area (Å²) in [6.45, 7) is 0. The SMILES string of the molecule is COc1cnc(C(F)F)c(N)c1C(F)(F)F. The van der Waals surface area contributed by atoms with E-state index in [0.717, 1.165) is 7.11 Å². The van der Waals surface area contributed by atoms with Gasteiger partial charge in [-0.3, -0.25) is 0 Å². The van der Waals surface area contributed by atoms with Gasteiger partial charge in [0.2, 0.25) is 0 Å². The van der Waals surface area contributed by atoms with E-state index in [2.05, 4.69) is 9.72 Å². The topological polar surface area (TPSA) is 48.1 Å². The predicted molar refractivity (Wildman–Crippen MR) is 45.2 cm³/mol. The molecule has 90 valence electrons. The maximum atomic E-state index is 12.5. The Labute approximate surface area is 87.0 Å². The van der Waals surface area contributed by atoms with E-state index in [1.54, 1.807) is 0 Å². The van der Waals surface area contributed by atoms with Gasteiger partial charge >= 0.3 is 6.18 Å². The van der Waals surface area contributed by atoms with Crippen LogP contribution in [0, 0.1) is 0 Å². The maximum Gasteiger partial charge on any atom is 0.422 e. The summed E-state index contributed by atoms with van der Waals surface area (Å²) in [5.74, 6) is -0.686. The molecule has 0 saturated carbocycles. The van der Waals surface area contributed by atoms with Crippen molar-refractivity contribution in [2.24, 2.45) is 0 Å². The van der Waals surface area contributed by atoms with Crippen LogP contribution in [0.15, 0.2) is 6.20 Å². The van der Waals surface area contributed by atoms with E-state index in [1.165, 1.54) is 0 Å². The third-order valence-corrected chi connectivity index (χ3v) is 1.82. The number of hydrogen-bond donors (Lipinski definition) is 1. The van der Waals surface area contributed by atoms with Crippen molar-refractivity contribution >= 4 is 5.69 Å². The summed E-state index contributed by atoms with van der Waals surface area (Å²) in [5.41, 5.74) is 1.36. The van der Waals surface area contributed by atoms with Gasteiger partial charge in [0.1, 0.15) is 11.3 Å². The molecule has 3 nitrogen and oxygen atoms in total. The molecule has 0 spiro atoms. The van der Waals surface area contributed by atoms with E-state index in [9.17, 15) is 22.0 Å². The Bertz CT molecular complexity index is 391. The zero-order chi connectivity index (χ0) is 12.5. The standard InChI is InChI=1S/C8H7F5N2O/c1-16-3-2-15-6(7(9)10)5(14)4(3)8(11,12)13/h2,7H,14H2,1H3. The highest BCUT2D eigenvalue weighted by Crippen LogP contribution is 2.42. The van der Waals surface area contributed by atoms with Gasteiger partial charge in [0, 0.05) is 0 Å². The highest BCUT2D eigenvalue weighted by Gasteiger charge is 2.39. The molecule has 0 aliphatic carbocycles. The lowest BCUT2D eigenvalue weighted by molar-refractivity contribution is -0.138. The second-order valence-electron chi connectivity index (χ2n) is 2.80. The summed E-state index contributed by atoms with van der Waals surface area (Å²) < 4.78 is 66.5. The van der Waals surface area contributed by atoms with Gasteiger partial charge in [-0.1, -0.05) is 0 Å². The van der Waals surface area contributed by atoms with E-state index in [0.29, 0.717) is 6.20 Å². The van der Waals surface area contributed by atoms with Crippen LogP contribution in [0.5, 0.6) is 5.75 Å². The number of nitrogen functional groups attached to an aromatic ring is 1. The largest absolute Gasteiger partial charge is 0.494 e. The number of aromatic nitrogens is 1. The van der Waals surface area contributed by atoms with Gasteiger partial charge < -0.3 is 10.5 Å². The van der Waals surface area contributed by atoms with Crippen LogP contribution in [0.25, 0.3) is 0 Å². The Hall–Kier alpha value is -1.60. The monoisotopic (exact) mass is 242 g/mol. The van der Waals surface area contributed by atoms with Gasteiger partial charge in [0.25, 0.3) is 6.43 Å². The van der Waals surface area contributed by atoms with E-state index < -0.39 is 35.3 Å². The third-order valence-electron chi connectivity index (χ3n) is 1.82. The van der Waals surface area contributed by atoms with Crippen molar-refractivity contribution in [1.29, 1.82) is 0 Å². The Morgan fingerprint density at radius 2 is 1.94 bits per heavy atom. The molecule has 16 heavy (non-hydrogen) atoms. The van der Waals surface area contributed by atoms with Crippen molar-refractivity contribution in [2.45, 2.75) is 12.6 Å². The van der Waals surface area contributed by atoms with E-state index in [4.69, 9.17) is 5.73 Å². The van der Waals surface area contributed by atoms with Gasteiger partial charge in [0.15, 0.2) is 5.75 Å². The second kappa shape index (κ2) is 4.11. The summed E-state index contributed by atoms with van der Waals surface area (Å²) in [6.07, 6.45) is -7.48. The molecule has 1 rings (SSSR count). The van der Waals surface area contributed by atoms with Gasteiger partial charge in [-0.05, 0) is 0 Å². The molecule has 8 heteroatoms. The van der Waals surface area contributed by atoms with Crippen LogP contribution >= 0.6 is 0 Å². The lowest BCUT2D eigenvalue weighted by atomic mass is 10.1. The first-order valence-corrected chi connectivity index (χ1v) is 3.96. The van der Waals surface area contributed by atoms with Crippen molar-refractivity contribution in [3.8, 4) is 5.75 Å². The zero-order valence-corrected chi connectivity index (χ0v) is 7.98. The number of nitrogens with two attached hydrogens (primary N) is 1. The fourth-order valence-corrected chi connectivity index (χ4v) is 1.14. The van der Waals surface area contributed by atoms with Crippen LogP contribution in [0.2, 0.25) is 0 Å². The Kier molecular flexibility index (Phi) is 3.20. The zero-order valence-electron chi connectivity index (χ0n) is 7.98. The molecule has 0 aliphatic heterocycles. The lowest BCUT2D eigenvalue weighted by Crippen LogP contribution is -2.14. The van der Waals surface area contributed by atoms with Crippen LogP contribution in [0.3, 0.4) is 0 Å². The number of methoxy groups -OCH3 is 1. The van der Waals surface area contributed by atoms with Crippen molar-refractivity contribution in [3.05, 3.63) is 17.5 Å². The number of alkyl halides is 5. The molecule has 0 aromatic carbocycles. The summed E-state index contributed by atoms with van der Waals surface area (Å²) >= 11 is 0. The number of ether oxygens (including phenoxy) is 1. The molecule has 0 atom stereocenters. The minimum atomic E-state index is -4.87. The number of halogens is 5. The average Bonchev–Trinajstić information content (AvgIpc) is 2.14. The maximum absolute atomic E-state index is 12.5. The van der Waals surface area contributed by atoms with E-state index >= 15 is 0 Å². The van der Waals surface area contributed by atoms with Crippen LogP contribution in [-0.4, -0.2) is 12.1 Å². The van der Waals surface area contributed by atoms with Gasteiger partial charge in [-0.15, -0.1) is 0 Å². The molecule has 0 unspecified atom stereocenters. The van der Waals surface area contributed by atoms with Gasteiger partial charge in [-0.25, -0.2) is 13.8 Å². The predicted octanol–water partition coefficient (Wildman–Crippen LogP) is 2.63. The van der Waals surface area contributed by atoms with Crippen LogP contribution in [0.1, 0.15) is 17.7 Å². The first-order valence-electron chi connectivity index (χ1n) is 3.96. The van der Waals surface area contributed by atoms with Gasteiger partial charge in [0.05, 0.1) is 19.0 Å². The summed E-state index contributed by atoms with van der Waals surface area (Å²) in [4.78, 5) is 3.12. The van der Waals surface area contributed by atoms with Crippen LogP contribution in [-0.2, 0) is 6.18 Å². The summed E-state index contributed by atoms with van der Waals surface area (Å²) in [6, 6.07) is 0. The Morgan fingerprint density at radius 3 is 2.31 bits per heavy atom. The first kappa shape index (κ1) is 12.5. The van der Waals surface area contributed by atoms with E-state index in [1.807, 2.05) is 0 Å². The molecule has 0 bridgehead atoms. The van der Waals surface area contributed by atoms with Crippen LogP contribution in [0.4, 0.5) is 27.6 Å². The van der Waals surface area contributed by atoms with Crippen molar-refractivity contribution in [3.63, 3.8) is 0 Å². The average molecular weight is 242 g/mol. The normalized spacial score (nSPS) is 11.9. The number of rotatable bonds is 2. The Balaban J connectivity index is 3.47. The van der Waals surface area contributed by atoms with Crippen LogP contribution < -0.4 is 10.5 Å². The number of pyridine rings is 1. The molecule has 0 fully saturated rings. The Morgan fingerprint density at radius 1 is 1.38 bits per heavy atom. The summed E-state index contributed by atoms with van der Waals surface area (Å²) in [7, 11) is 0.966. The van der Waals surface area contributed by atoms with Gasteiger partial charge in [-0.2, -0.15) is 13.2 Å². The molecule has 2 N–H and O–H groups in total. The molecular weight excluding hydrogens is 235 g/mol. The molecule has 0 aliphatic rings. The minimum absolute atomic E-state index is 0.570. The van der Waals surface area contributed by atoms with Crippen molar-refractivity contribution in [2.75, 3.05) is 12.8 Å². The number of anilines is 1. The smallest absolute Gasteiger partial charge is 0.422 e. The highest BCUT2D eigenvalue weighted by atomic mass is 19.4. The number of hydrogen-bond acceptors (Lipinski definition) is 3. The van der Waals surface area contributed by atoms with Crippen molar-refractivity contribution < 1.29 is 26.7 Å². The fourth-order valence-electron chi connectivity index (χ4n) is 1.14. The molecule has 0 amide bonds. The van der Waals surface area contributed by atoms with E-state index in [-0.39, 0.29) is 0 Å². The minimum Gasteiger partial charge on any atom is -0.494 e. The lowest BCUT2D eigenvalue weighted by Gasteiger charge is -2.15. The second-order valence-corrected chi connectivity index (χ2v) is 2.80. The molecule has 1 aromatic heterocycles. The fraction of sp³-hybridized carbons (Fsp3) is 0.375. The molecule has 1 heterocycles. The molecule has 0 radical (unpaired) electrons. The highest BCUT2D eigenvalue weighted by molar-refractivity contribution is 5.58. The molecular formula is C8H7F5N2O. The molecule has 0 saturated heterocycles. The quantitative estimate of drug-likeness (QED) is 0.811.